The Morgan fingerprint density at radius 2 is 1.75 bits per heavy atom. The highest BCUT2D eigenvalue weighted by Crippen LogP contribution is 2.23. The molecule has 1 unspecified atom stereocenters. The lowest BCUT2D eigenvalue weighted by atomic mass is 9.98. The summed E-state index contributed by atoms with van der Waals surface area (Å²) >= 11 is 0. The number of nitrogens with two attached hydrogens (primary N) is 1. The molecule has 1 atom stereocenters. The van der Waals surface area contributed by atoms with Gasteiger partial charge in [0.25, 0.3) is 5.69 Å². The van der Waals surface area contributed by atoms with E-state index in [2.05, 4.69) is 0 Å². The van der Waals surface area contributed by atoms with E-state index in [1.54, 1.807) is 18.2 Å². The van der Waals surface area contributed by atoms with Gasteiger partial charge in [0.15, 0.2) is 0 Å². The SMILES string of the molecule is Cc1ccc(C(N)Cc2ccccc2[N+](=O)[O-])cc1.Cl. The first-order chi connectivity index (χ1) is 9.08. The molecule has 2 rings (SSSR count). The van der Waals surface area contributed by atoms with Gasteiger partial charge in [0.2, 0.25) is 0 Å². The van der Waals surface area contributed by atoms with E-state index >= 15 is 0 Å². The van der Waals surface area contributed by atoms with Gasteiger partial charge in [-0.25, -0.2) is 0 Å². The fourth-order valence-electron chi connectivity index (χ4n) is 2.03. The third-order valence-corrected chi connectivity index (χ3v) is 3.13. The smallest absolute Gasteiger partial charge is 0.272 e. The Bertz CT molecular complexity index is 585. The predicted octanol–water partition coefficient (Wildman–Crippen LogP) is 3.57. The standard InChI is InChI=1S/C15H16N2O2.ClH/c1-11-6-8-12(9-7-11)14(16)10-13-4-2-3-5-15(13)17(18)19;/h2-9,14H,10,16H2,1H3;1H. The molecule has 2 N–H and O–H groups in total. The van der Waals surface area contributed by atoms with Crippen LogP contribution < -0.4 is 5.73 Å². The van der Waals surface area contributed by atoms with Crippen molar-refractivity contribution in [2.24, 2.45) is 5.73 Å². The summed E-state index contributed by atoms with van der Waals surface area (Å²) in [5.74, 6) is 0. The number of rotatable bonds is 4. The summed E-state index contributed by atoms with van der Waals surface area (Å²) in [6, 6.07) is 14.4. The van der Waals surface area contributed by atoms with Crippen LogP contribution in [0, 0.1) is 17.0 Å². The Balaban J connectivity index is 0.00000200. The lowest BCUT2D eigenvalue weighted by molar-refractivity contribution is -0.385. The number of aryl methyl sites for hydroxylation is 1. The molecule has 0 aromatic heterocycles. The molecule has 0 fully saturated rings. The minimum atomic E-state index is -0.364. The summed E-state index contributed by atoms with van der Waals surface area (Å²) < 4.78 is 0. The molecule has 0 radical (unpaired) electrons. The molecule has 5 heteroatoms. The highest BCUT2D eigenvalue weighted by molar-refractivity contribution is 5.85. The van der Waals surface area contributed by atoms with Crippen LogP contribution in [0.5, 0.6) is 0 Å². The number of hydrogen-bond acceptors (Lipinski definition) is 3. The van der Waals surface area contributed by atoms with E-state index in [9.17, 15) is 10.1 Å². The van der Waals surface area contributed by atoms with Crippen molar-refractivity contribution in [3.63, 3.8) is 0 Å². The monoisotopic (exact) mass is 292 g/mol. The van der Waals surface area contributed by atoms with E-state index in [1.807, 2.05) is 31.2 Å². The van der Waals surface area contributed by atoms with E-state index in [1.165, 1.54) is 11.6 Å². The minimum Gasteiger partial charge on any atom is -0.324 e. The molecule has 0 aliphatic rings. The zero-order valence-electron chi connectivity index (χ0n) is 11.2. The Hall–Kier alpha value is -1.91. The molecule has 0 amide bonds. The summed E-state index contributed by atoms with van der Waals surface area (Å²) in [6.45, 7) is 2.01. The van der Waals surface area contributed by atoms with Gasteiger partial charge < -0.3 is 5.73 Å². The van der Waals surface area contributed by atoms with Crippen LogP contribution in [0.25, 0.3) is 0 Å². The van der Waals surface area contributed by atoms with Crippen LogP contribution >= 0.6 is 12.4 Å². The maximum atomic E-state index is 10.9. The average Bonchev–Trinajstić information content (AvgIpc) is 2.39. The first-order valence-corrected chi connectivity index (χ1v) is 6.12. The minimum absolute atomic E-state index is 0. The normalized spacial score (nSPS) is 11.5. The summed E-state index contributed by atoms with van der Waals surface area (Å²) in [4.78, 5) is 10.6. The molecular weight excluding hydrogens is 276 g/mol. The zero-order chi connectivity index (χ0) is 13.8. The molecule has 0 spiro atoms. The number of halogens is 1. The lowest BCUT2D eigenvalue weighted by Gasteiger charge is -2.12. The van der Waals surface area contributed by atoms with Crippen LogP contribution in [0.3, 0.4) is 0 Å². The van der Waals surface area contributed by atoms with Gasteiger partial charge >= 0.3 is 0 Å². The predicted molar refractivity (Wildman–Crippen MR) is 82.2 cm³/mol. The second-order valence-electron chi connectivity index (χ2n) is 4.61. The van der Waals surface area contributed by atoms with Gasteiger partial charge in [-0.3, -0.25) is 10.1 Å². The molecular formula is C15H17ClN2O2. The van der Waals surface area contributed by atoms with Gasteiger partial charge in [-0.05, 0) is 18.9 Å². The molecule has 0 bridgehead atoms. The van der Waals surface area contributed by atoms with Gasteiger partial charge in [0.05, 0.1) is 4.92 Å². The topological polar surface area (TPSA) is 69.2 Å². The van der Waals surface area contributed by atoms with Crippen LogP contribution in [0.4, 0.5) is 5.69 Å². The molecule has 0 saturated heterocycles. The van der Waals surface area contributed by atoms with Crippen molar-refractivity contribution in [3.8, 4) is 0 Å². The molecule has 0 heterocycles. The Labute approximate surface area is 124 Å². The van der Waals surface area contributed by atoms with Gasteiger partial charge in [0, 0.05) is 17.7 Å². The zero-order valence-corrected chi connectivity index (χ0v) is 12.0. The number of benzene rings is 2. The number of hydrogen-bond donors (Lipinski definition) is 1. The Morgan fingerprint density at radius 1 is 1.15 bits per heavy atom. The largest absolute Gasteiger partial charge is 0.324 e. The number of nitrogens with zero attached hydrogens (tertiary/aromatic N) is 1. The molecule has 106 valence electrons. The summed E-state index contributed by atoms with van der Waals surface area (Å²) in [5, 5.41) is 10.9. The van der Waals surface area contributed by atoms with Crippen molar-refractivity contribution in [1.82, 2.24) is 0 Å². The molecule has 20 heavy (non-hydrogen) atoms. The van der Waals surface area contributed by atoms with E-state index in [4.69, 9.17) is 5.73 Å². The van der Waals surface area contributed by atoms with Crippen LogP contribution in [-0.4, -0.2) is 4.92 Å². The van der Waals surface area contributed by atoms with Gasteiger partial charge in [0.1, 0.15) is 0 Å². The summed E-state index contributed by atoms with van der Waals surface area (Å²) in [7, 11) is 0. The van der Waals surface area contributed by atoms with Crippen molar-refractivity contribution >= 4 is 18.1 Å². The summed E-state index contributed by atoms with van der Waals surface area (Å²) in [6.07, 6.45) is 0.459. The molecule has 0 saturated carbocycles. The maximum absolute atomic E-state index is 10.9. The highest BCUT2D eigenvalue weighted by Gasteiger charge is 2.16. The quantitative estimate of drug-likeness (QED) is 0.692. The van der Waals surface area contributed by atoms with Gasteiger partial charge in [-0.15, -0.1) is 12.4 Å². The van der Waals surface area contributed by atoms with Crippen molar-refractivity contribution in [1.29, 1.82) is 0 Å². The summed E-state index contributed by atoms with van der Waals surface area (Å²) in [5.41, 5.74) is 9.08. The van der Waals surface area contributed by atoms with Crippen molar-refractivity contribution in [2.75, 3.05) is 0 Å². The second-order valence-corrected chi connectivity index (χ2v) is 4.61. The fraction of sp³-hybridized carbons (Fsp3) is 0.200. The van der Waals surface area contributed by atoms with Crippen LogP contribution in [0.1, 0.15) is 22.7 Å². The first-order valence-electron chi connectivity index (χ1n) is 6.12. The van der Waals surface area contributed by atoms with Crippen LogP contribution in [0.2, 0.25) is 0 Å². The Morgan fingerprint density at radius 3 is 2.35 bits per heavy atom. The van der Waals surface area contributed by atoms with E-state index in [0.717, 1.165) is 5.56 Å². The number of para-hydroxylation sites is 1. The van der Waals surface area contributed by atoms with Crippen LogP contribution in [-0.2, 0) is 6.42 Å². The molecule has 0 aliphatic heterocycles. The van der Waals surface area contributed by atoms with Gasteiger partial charge in [-0.1, -0.05) is 48.0 Å². The third-order valence-electron chi connectivity index (χ3n) is 3.13. The van der Waals surface area contributed by atoms with Crippen LogP contribution in [0.15, 0.2) is 48.5 Å². The fourth-order valence-corrected chi connectivity index (χ4v) is 2.03. The molecule has 2 aromatic rings. The number of nitro groups is 1. The third kappa shape index (κ3) is 3.79. The van der Waals surface area contributed by atoms with E-state index < -0.39 is 0 Å². The van der Waals surface area contributed by atoms with E-state index in [0.29, 0.717) is 12.0 Å². The highest BCUT2D eigenvalue weighted by atomic mass is 35.5. The van der Waals surface area contributed by atoms with Crippen molar-refractivity contribution in [2.45, 2.75) is 19.4 Å². The maximum Gasteiger partial charge on any atom is 0.272 e. The Kier molecular flexibility index (Phi) is 5.67. The number of nitro benzene ring substituents is 1. The molecule has 2 aromatic carbocycles. The lowest BCUT2D eigenvalue weighted by Crippen LogP contribution is -2.14. The first kappa shape index (κ1) is 16.1. The molecule has 4 nitrogen and oxygen atoms in total. The second kappa shape index (κ2) is 7.03. The average molecular weight is 293 g/mol. The van der Waals surface area contributed by atoms with Crippen molar-refractivity contribution in [3.05, 3.63) is 75.3 Å². The molecule has 0 aliphatic carbocycles. The van der Waals surface area contributed by atoms with Crippen molar-refractivity contribution < 1.29 is 4.92 Å². The van der Waals surface area contributed by atoms with Gasteiger partial charge in [-0.2, -0.15) is 0 Å². The van der Waals surface area contributed by atoms with E-state index in [-0.39, 0.29) is 29.1 Å².